The van der Waals surface area contributed by atoms with E-state index >= 15 is 4.39 Å². The molecule has 0 saturated heterocycles. The molecule has 3 aromatic carbocycles. The molecule has 3 amide bonds. The molecule has 1 saturated carbocycles. The predicted octanol–water partition coefficient (Wildman–Crippen LogP) is 8.90. The Morgan fingerprint density at radius 3 is 2.13 bits per heavy atom. The van der Waals surface area contributed by atoms with E-state index in [-0.39, 0.29) is 22.0 Å². The molecule has 2 atom stereocenters. The molecule has 240 valence electrons. The molecule has 0 bridgehead atoms. The molecule has 45 heavy (non-hydrogen) atoms. The molecule has 3 aromatic rings. The highest BCUT2D eigenvalue weighted by Gasteiger charge is 2.67. The van der Waals surface area contributed by atoms with Crippen molar-refractivity contribution in [2.45, 2.75) is 42.8 Å². The van der Waals surface area contributed by atoms with Crippen molar-refractivity contribution < 1.29 is 45.5 Å². The van der Waals surface area contributed by atoms with Crippen molar-refractivity contribution in [2.75, 3.05) is 16.0 Å². The van der Waals surface area contributed by atoms with Gasteiger partial charge in [-0.3, -0.25) is 14.9 Å². The molecule has 1 aliphatic carbocycles. The molecule has 1 fully saturated rings. The second kappa shape index (κ2) is 12.3. The number of amides is 3. The molecule has 0 aromatic heterocycles. The van der Waals surface area contributed by atoms with Gasteiger partial charge in [0.1, 0.15) is 27.3 Å². The first kappa shape index (κ1) is 34.2. The maximum atomic E-state index is 15.1. The summed E-state index contributed by atoms with van der Waals surface area (Å²) in [5.74, 6) is -8.37. The highest BCUT2D eigenvalue weighted by Crippen LogP contribution is 2.65. The van der Waals surface area contributed by atoms with Crippen LogP contribution >= 0.6 is 34.8 Å². The van der Waals surface area contributed by atoms with E-state index in [1.54, 1.807) is 0 Å². The largest absolute Gasteiger partial charge is 0.444 e. The zero-order chi connectivity index (χ0) is 33.6. The van der Waals surface area contributed by atoms with Crippen molar-refractivity contribution >= 4 is 69.8 Å². The molecule has 4 rings (SSSR count). The number of ether oxygens (including phenoxy) is 1. The summed E-state index contributed by atoms with van der Waals surface area (Å²) in [5.41, 5.74) is -4.35. The smallest absolute Gasteiger partial charge is 0.419 e. The average molecular weight is 697 g/mol. The fraction of sp³-hybridized carbons (Fsp3) is 0.276. The Kier molecular flexibility index (Phi) is 9.31. The van der Waals surface area contributed by atoms with E-state index in [4.69, 9.17) is 39.5 Å². The van der Waals surface area contributed by atoms with Gasteiger partial charge in [0.25, 0.3) is 5.91 Å². The van der Waals surface area contributed by atoms with Crippen molar-refractivity contribution in [3.05, 3.63) is 87.7 Å². The Bertz CT molecular complexity index is 1690. The van der Waals surface area contributed by atoms with Gasteiger partial charge in [-0.05, 0) is 68.8 Å². The third-order valence-corrected chi connectivity index (χ3v) is 7.70. The van der Waals surface area contributed by atoms with Crippen molar-refractivity contribution in [1.82, 2.24) is 0 Å². The van der Waals surface area contributed by atoms with Crippen LogP contribution < -0.4 is 16.0 Å². The van der Waals surface area contributed by atoms with Gasteiger partial charge in [-0.2, -0.15) is 13.2 Å². The number of anilines is 3. The van der Waals surface area contributed by atoms with E-state index in [1.165, 1.54) is 39.0 Å². The average Bonchev–Trinajstić information content (AvgIpc) is 3.48. The Balaban J connectivity index is 1.51. The zero-order valence-corrected chi connectivity index (χ0v) is 25.6. The number of hydrogen-bond acceptors (Lipinski definition) is 4. The molecule has 0 aliphatic heterocycles. The lowest BCUT2D eigenvalue weighted by Crippen LogP contribution is -2.28. The maximum Gasteiger partial charge on any atom is 0.419 e. The summed E-state index contributed by atoms with van der Waals surface area (Å²) in [6, 6.07) is 7.51. The highest BCUT2D eigenvalue weighted by molar-refractivity contribution is 6.53. The third kappa shape index (κ3) is 7.59. The summed E-state index contributed by atoms with van der Waals surface area (Å²) in [7, 11) is 0. The number of hydrogen-bond donors (Lipinski definition) is 3. The number of nitrogens with one attached hydrogen (secondary N) is 3. The Labute approximate surface area is 267 Å². The SMILES string of the molecule is CC(C)(C)OC(=O)Nc1c(F)ccc(C(=O)Nc2cc(NC(=O)[C@H]3[C@H](c4ccc(F)c(C(F)(F)F)c4)C3(Cl)Cl)ccc2Cl)c1F. The summed E-state index contributed by atoms with van der Waals surface area (Å²) < 4.78 is 85.9. The molecular formula is C29H22Cl3F6N3O4. The monoisotopic (exact) mass is 695 g/mol. The number of alkyl halides is 5. The van der Waals surface area contributed by atoms with Gasteiger partial charge in [-0.1, -0.05) is 17.7 Å². The van der Waals surface area contributed by atoms with E-state index in [0.29, 0.717) is 12.1 Å². The van der Waals surface area contributed by atoms with E-state index in [9.17, 15) is 36.3 Å². The Hall–Kier alpha value is -3.68. The topological polar surface area (TPSA) is 96.5 Å². The van der Waals surface area contributed by atoms with Crippen LogP contribution in [-0.2, 0) is 15.7 Å². The van der Waals surface area contributed by atoms with E-state index in [1.807, 2.05) is 5.32 Å². The third-order valence-electron chi connectivity index (χ3n) is 6.43. The first-order chi connectivity index (χ1) is 20.7. The lowest BCUT2D eigenvalue weighted by atomic mass is 10.0. The standard InChI is InChI=1S/C29H22Cl3F6N3O4/c1-27(2,3)45-26(44)41-23-18(34)9-6-14(22(23)35)24(42)40-19-11-13(5-7-16(19)30)39-25(43)21-20(28(21,31)32)12-4-8-17(33)15(10-12)29(36,37)38/h4-11,20-21H,1-3H3,(H,39,43)(H,40,42)(H,41,44)/t20-,21+/m0/s1. The maximum absolute atomic E-state index is 15.1. The summed E-state index contributed by atoms with van der Waals surface area (Å²) in [6.07, 6.45) is -6.16. The minimum Gasteiger partial charge on any atom is -0.444 e. The Morgan fingerprint density at radius 2 is 1.51 bits per heavy atom. The summed E-state index contributed by atoms with van der Waals surface area (Å²) in [6.45, 7) is 4.60. The van der Waals surface area contributed by atoms with Crippen molar-refractivity contribution in [1.29, 1.82) is 0 Å². The van der Waals surface area contributed by atoms with Gasteiger partial charge in [0, 0.05) is 11.6 Å². The number of benzene rings is 3. The van der Waals surface area contributed by atoms with Crippen molar-refractivity contribution in [2.24, 2.45) is 5.92 Å². The summed E-state index contributed by atoms with van der Waals surface area (Å²) in [5, 5.41) is 6.65. The van der Waals surface area contributed by atoms with Crippen LogP contribution in [0, 0.1) is 23.4 Å². The van der Waals surface area contributed by atoms with Gasteiger partial charge in [0.15, 0.2) is 5.82 Å². The van der Waals surface area contributed by atoms with E-state index in [2.05, 4.69) is 10.6 Å². The molecule has 7 nitrogen and oxygen atoms in total. The minimum atomic E-state index is -4.99. The van der Waals surface area contributed by atoms with Crippen LogP contribution in [0.15, 0.2) is 48.5 Å². The first-order valence-electron chi connectivity index (χ1n) is 12.8. The molecular weight excluding hydrogens is 675 g/mol. The van der Waals surface area contributed by atoms with Crippen molar-refractivity contribution in [3.8, 4) is 0 Å². The number of halogens is 9. The van der Waals surface area contributed by atoms with E-state index < -0.39 is 80.1 Å². The molecule has 0 unspecified atom stereocenters. The number of carbonyl (C=O) groups excluding carboxylic acids is 3. The molecule has 0 spiro atoms. The quantitative estimate of drug-likeness (QED) is 0.177. The lowest BCUT2D eigenvalue weighted by Gasteiger charge is -2.20. The molecule has 0 radical (unpaired) electrons. The van der Waals surface area contributed by atoms with Crippen LogP contribution in [0.5, 0.6) is 0 Å². The van der Waals surface area contributed by atoms with Crippen LogP contribution in [0.1, 0.15) is 48.2 Å². The van der Waals surface area contributed by atoms with Gasteiger partial charge in [0.2, 0.25) is 5.91 Å². The molecule has 1 aliphatic rings. The second-order valence-electron chi connectivity index (χ2n) is 10.9. The zero-order valence-electron chi connectivity index (χ0n) is 23.3. The van der Waals surface area contributed by atoms with Crippen LogP contribution in [-0.4, -0.2) is 27.8 Å². The van der Waals surface area contributed by atoms with Gasteiger partial charge in [-0.15, -0.1) is 23.2 Å². The van der Waals surface area contributed by atoms with Gasteiger partial charge >= 0.3 is 12.3 Å². The van der Waals surface area contributed by atoms with Gasteiger partial charge in [-0.25, -0.2) is 18.0 Å². The Morgan fingerprint density at radius 1 is 0.867 bits per heavy atom. The minimum absolute atomic E-state index is 0.0245. The lowest BCUT2D eigenvalue weighted by molar-refractivity contribution is -0.140. The van der Waals surface area contributed by atoms with Crippen LogP contribution in [0.4, 0.5) is 48.2 Å². The van der Waals surface area contributed by atoms with E-state index in [0.717, 1.165) is 18.2 Å². The van der Waals surface area contributed by atoms with Crippen LogP contribution in [0.3, 0.4) is 0 Å². The predicted molar refractivity (Wildman–Crippen MR) is 156 cm³/mol. The molecule has 0 heterocycles. The second-order valence-corrected chi connectivity index (χ2v) is 12.8. The number of carbonyl (C=O) groups is 3. The van der Waals surface area contributed by atoms with Gasteiger partial charge < -0.3 is 15.4 Å². The molecule has 16 heteroatoms. The van der Waals surface area contributed by atoms with Crippen molar-refractivity contribution in [3.63, 3.8) is 0 Å². The summed E-state index contributed by atoms with van der Waals surface area (Å²) in [4.78, 5) is 38.0. The van der Waals surface area contributed by atoms with Crippen LogP contribution in [0.25, 0.3) is 0 Å². The normalized spacial score (nSPS) is 17.3. The van der Waals surface area contributed by atoms with Gasteiger partial charge in [0.05, 0.1) is 27.8 Å². The molecule has 3 N–H and O–H groups in total. The summed E-state index contributed by atoms with van der Waals surface area (Å²) >= 11 is 18.6. The highest BCUT2D eigenvalue weighted by atomic mass is 35.5. The van der Waals surface area contributed by atoms with Crippen LogP contribution in [0.2, 0.25) is 5.02 Å². The fourth-order valence-corrected chi connectivity index (χ4v) is 5.37. The fourth-order valence-electron chi connectivity index (χ4n) is 4.38. The first-order valence-corrected chi connectivity index (χ1v) is 14.0. The number of rotatable bonds is 6.